The van der Waals surface area contributed by atoms with Crippen molar-refractivity contribution in [1.29, 1.82) is 0 Å². The predicted octanol–water partition coefficient (Wildman–Crippen LogP) is 5.06. The molecule has 1 amide bonds. The molecule has 2 aromatic carbocycles. The number of methoxy groups -OCH3 is 1. The van der Waals surface area contributed by atoms with E-state index in [2.05, 4.69) is 5.32 Å². The molecule has 1 heterocycles. The third-order valence-electron chi connectivity index (χ3n) is 6.32. The smallest absolute Gasteiger partial charge is 0.335 e. The number of carboxylic acid groups (broad SMARTS) is 1. The highest BCUT2D eigenvalue weighted by atomic mass is 35.5. The summed E-state index contributed by atoms with van der Waals surface area (Å²) >= 11 is 6.16. The lowest BCUT2D eigenvalue weighted by Gasteiger charge is -2.15. The van der Waals surface area contributed by atoms with Crippen LogP contribution in [0, 0.1) is 5.92 Å². The van der Waals surface area contributed by atoms with E-state index in [9.17, 15) is 19.2 Å². The number of pyridine rings is 1. The molecule has 9 heteroatoms. The highest BCUT2D eigenvalue weighted by molar-refractivity contribution is 6.31. The second-order valence-electron chi connectivity index (χ2n) is 8.78. The first-order chi connectivity index (χ1) is 17.2. The molecule has 1 aliphatic carbocycles. The standard InChI is InChI=1S/C27H25ClN2O6/c1-15(31)20-9-6-18(28)12-21(20)22-13-26(33)30(14-24(22)36-2)23-11-17(23)5-10-25(32)29-19-7-3-16(4-8-19)27(34)35/h3-4,6-9,12-14,17,23H,5,10-11H2,1-2H3,(H,29,32)(H,34,35). The molecule has 8 nitrogen and oxygen atoms in total. The molecule has 36 heavy (non-hydrogen) atoms. The van der Waals surface area contributed by atoms with Crippen molar-refractivity contribution in [2.75, 3.05) is 12.4 Å². The van der Waals surface area contributed by atoms with Crippen LogP contribution in [0.25, 0.3) is 11.1 Å². The first kappa shape index (κ1) is 25.2. The second-order valence-corrected chi connectivity index (χ2v) is 9.22. The summed E-state index contributed by atoms with van der Waals surface area (Å²) in [5, 5.41) is 12.2. The molecule has 186 valence electrons. The van der Waals surface area contributed by atoms with Gasteiger partial charge in [0.25, 0.3) is 5.56 Å². The van der Waals surface area contributed by atoms with Crippen LogP contribution < -0.4 is 15.6 Å². The van der Waals surface area contributed by atoms with Gasteiger partial charge >= 0.3 is 5.97 Å². The summed E-state index contributed by atoms with van der Waals surface area (Å²) in [5.41, 5.74) is 1.93. The van der Waals surface area contributed by atoms with Crippen LogP contribution >= 0.6 is 11.6 Å². The van der Waals surface area contributed by atoms with Crippen molar-refractivity contribution in [2.45, 2.75) is 32.2 Å². The minimum absolute atomic E-state index is 0.0465. The van der Waals surface area contributed by atoms with E-state index >= 15 is 0 Å². The number of Topliss-reactive ketones (excluding diaryl/α,β-unsaturated/α-hetero) is 1. The van der Waals surface area contributed by atoms with Gasteiger partial charge in [0, 0.05) is 40.4 Å². The van der Waals surface area contributed by atoms with Crippen LogP contribution in [0.5, 0.6) is 5.75 Å². The molecule has 2 atom stereocenters. The van der Waals surface area contributed by atoms with Gasteiger partial charge in [-0.1, -0.05) is 11.6 Å². The van der Waals surface area contributed by atoms with Gasteiger partial charge in [-0.3, -0.25) is 14.4 Å². The Bertz CT molecular complexity index is 1400. The number of aromatic carboxylic acids is 1. The quantitative estimate of drug-likeness (QED) is 0.390. The van der Waals surface area contributed by atoms with E-state index in [0.717, 1.165) is 6.42 Å². The Labute approximate surface area is 212 Å². The third-order valence-corrected chi connectivity index (χ3v) is 6.55. The minimum atomic E-state index is -1.03. The zero-order valence-corrected chi connectivity index (χ0v) is 20.5. The number of ether oxygens (including phenoxy) is 1. The molecule has 3 aromatic rings. The van der Waals surface area contributed by atoms with E-state index in [1.54, 1.807) is 41.1 Å². The number of carboxylic acids is 1. The number of hydrogen-bond donors (Lipinski definition) is 2. The lowest BCUT2D eigenvalue weighted by atomic mass is 9.97. The van der Waals surface area contributed by atoms with Crippen molar-refractivity contribution >= 4 is 34.9 Å². The van der Waals surface area contributed by atoms with E-state index in [1.807, 2.05) is 0 Å². The normalized spacial score (nSPS) is 16.3. The summed E-state index contributed by atoms with van der Waals surface area (Å²) in [5.74, 6) is -0.739. The first-order valence-electron chi connectivity index (χ1n) is 11.4. The monoisotopic (exact) mass is 508 g/mol. The zero-order chi connectivity index (χ0) is 26.0. The van der Waals surface area contributed by atoms with Crippen LogP contribution in [0.3, 0.4) is 0 Å². The minimum Gasteiger partial charge on any atom is -0.495 e. The number of carbonyl (C=O) groups is 3. The van der Waals surface area contributed by atoms with E-state index in [-0.39, 0.29) is 41.2 Å². The van der Waals surface area contributed by atoms with Crippen LogP contribution in [0.2, 0.25) is 5.02 Å². The summed E-state index contributed by atoms with van der Waals surface area (Å²) < 4.78 is 7.17. The highest BCUT2D eigenvalue weighted by Crippen LogP contribution is 2.46. The number of carbonyl (C=O) groups excluding carboxylic acids is 2. The number of rotatable bonds is 9. The average Bonchev–Trinajstić information content (AvgIpc) is 3.62. The van der Waals surface area contributed by atoms with Gasteiger partial charge in [0.15, 0.2) is 5.78 Å². The molecule has 1 fully saturated rings. The van der Waals surface area contributed by atoms with Gasteiger partial charge in [-0.2, -0.15) is 0 Å². The lowest BCUT2D eigenvalue weighted by Crippen LogP contribution is -2.19. The number of amides is 1. The predicted molar refractivity (Wildman–Crippen MR) is 136 cm³/mol. The fourth-order valence-corrected chi connectivity index (χ4v) is 4.50. The Morgan fingerprint density at radius 1 is 1.11 bits per heavy atom. The Hall–Kier alpha value is -3.91. The largest absolute Gasteiger partial charge is 0.495 e. The van der Waals surface area contributed by atoms with Crippen molar-refractivity contribution < 1.29 is 24.2 Å². The van der Waals surface area contributed by atoms with Crippen molar-refractivity contribution in [3.63, 3.8) is 0 Å². The first-order valence-corrected chi connectivity index (χ1v) is 11.8. The van der Waals surface area contributed by atoms with Crippen LogP contribution in [0.4, 0.5) is 5.69 Å². The lowest BCUT2D eigenvalue weighted by molar-refractivity contribution is -0.116. The van der Waals surface area contributed by atoms with Gasteiger partial charge in [0.2, 0.25) is 5.91 Å². The summed E-state index contributed by atoms with van der Waals surface area (Å²) in [6.07, 6.45) is 3.29. The van der Waals surface area contributed by atoms with E-state index in [0.29, 0.717) is 39.6 Å². The van der Waals surface area contributed by atoms with Crippen LogP contribution in [-0.2, 0) is 4.79 Å². The summed E-state index contributed by atoms with van der Waals surface area (Å²) in [7, 11) is 1.50. The van der Waals surface area contributed by atoms with Crippen molar-refractivity contribution in [1.82, 2.24) is 4.57 Å². The van der Waals surface area contributed by atoms with Gasteiger partial charge in [0.1, 0.15) is 5.75 Å². The molecule has 2 unspecified atom stereocenters. The SMILES string of the molecule is COc1cn(C2CC2CCC(=O)Nc2ccc(C(=O)O)cc2)c(=O)cc1-c1cc(Cl)ccc1C(C)=O. The van der Waals surface area contributed by atoms with Gasteiger partial charge in [-0.05, 0) is 73.7 Å². The number of hydrogen-bond acceptors (Lipinski definition) is 5. The van der Waals surface area contributed by atoms with Crippen LogP contribution in [-0.4, -0.2) is 34.4 Å². The molecular weight excluding hydrogens is 484 g/mol. The number of nitrogens with one attached hydrogen (secondary N) is 1. The molecular formula is C27H25ClN2O6. The summed E-state index contributed by atoms with van der Waals surface area (Å²) in [6, 6.07) is 12.3. The molecule has 0 saturated heterocycles. The number of halogens is 1. The van der Waals surface area contributed by atoms with Crippen LogP contribution in [0.1, 0.15) is 52.9 Å². The molecule has 1 saturated carbocycles. The highest BCUT2D eigenvalue weighted by Gasteiger charge is 2.39. The van der Waals surface area contributed by atoms with Gasteiger partial charge in [-0.25, -0.2) is 4.79 Å². The Morgan fingerprint density at radius 2 is 1.83 bits per heavy atom. The maximum absolute atomic E-state index is 13.0. The number of nitrogens with zero attached hydrogens (tertiary/aromatic N) is 1. The van der Waals surface area contributed by atoms with Crippen molar-refractivity contribution in [3.8, 4) is 16.9 Å². The molecule has 0 aliphatic heterocycles. The Kier molecular flexibility index (Phi) is 7.26. The van der Waals surface area contributed by atoms with E-state index in [1.165, 1.54) is 32.2 Å². The Balaban J connectivity index is 1.44. The fourth-order valence-electron chi connectivity index (χ4n) is 4.33. The number of aromatic nitrogens is 1. The molecule has 0 spiro atoms. The number of anilines is 1. The molecule has 4 rings (SSSR count). The van der Waals surface area contributed by atoms with E-state index < -0.39 is 5.97 Å². The Morgan fingerprint density at radius 3 is 2.47 bits per heavy atom. The third kappa shape index (κ3) is 5.49. The molecule has 1 aromatic heterocycles. The number of ketones is 1. The molecule has 2 N–H and O–H groups in total. The molecule has 1 aliphatic rings. The van der Waals surface area contributed by atoms with Gasteiger partial charge < -0.3 is 19.7 Å². The summed E-state index contributed by atoms with van der Waals surface area (Å²) in [6.45, 7) is 1.45. The van der Waals surface area contributed by atoms with Gasteiger partial charge in [-0.15, -0.1) is 0 Å². The second kappa shape index (κ2) is 10.4. The van der Waals surface area contributed by atoms with Crippen LogP contribution in [0.15, 0.2) is 59.5 Å². The van der Waals surface area contributed by atoms with E-state index in [4.69, 9.17) is 21.4 Å². The molecule has 0 bridgehead atoms. The number of benzene rings is 2. The van der Waals surface area contributed by atoms with Crippen molar-refractivity contribution in [2.24, 2.45) is 5.92 Å². The average molecular weight is 509 g/mol. The maximum atomic E-state index is 13.0. The zero-order valence-electron chi connectivity index (χ0n) is 19.8. The topological polar surface area (TPSA) is 115 Å². The van der Waals surface area contributed by atoms with Crippen molar-refractivity contribution in [3.05, 3.63) is 81.2 Å². The summed E-state index contributed by atoms with van der Waals surface area (Å²) in [4.78, 5) is 48.4. The van der Waals surface area contributed by atoms with Gasteiger partial charge in [0.05, 0.1) is 18.9 Å². The maximum Gasteiger partial charge on any atom is 0.335 e. The fraction of sp³-hybridized carbons (Fsp3) is 0.259. The molecule has 0 radical (unpaired) electrons.